The topological polar surface area (TPSA) is 105 Å². The zero-order valence-electron chi connectivity index (χ0n) is 22.2. The fourth-order valence-corrected chi connectivity index (χ4v) is 7.61. The average molecular weight is 646 g/mol. The fraction of sp³-hybridized carbons (Fsp3) is 0.286. The number of nitrogens with one attached hydrogen (secondary N) is 1. The number of amidine groups is 1. The summed E-state index contributed by atoms with van der Waals surface area (Å²) in [6.07, 6.45) is 4.95. The molecule has 43 heavy (non-hydrogen) atoms. The van der Waals surface area contributed by atoms with E-state index in [2.05, 4.69) is 19.8 Å². The molecule has 5 heterocycles. The van der Waals surface area contributed by atoms with Gasteiger partial charge in [-0.3, -0.25) is 4.99 Å². The van der Waals surface area contributed by atoms with Crippen LogP contribution in [0.5, 0.6) is 0 Å². The molecule has 15 heteroatoms. The van der Waals surface area contributed by atoms with Crippen LogP contribution in [0.15, 0.2) is 76.0 Å². The first kappa shape index (κ1) is 28.2. The summed E-state index contributed by atoms with van der Waals surface area (Å²) < 4.78 is 71.5. The van der Waals surface area contributed by atoms with Crippen molar-refractivity contribution in [1.29, 1.82) is 0 Å². The first-order valence-electron chi connectivity index (χ1n) is 13.4. The highest BCUT2D eigenvalue weighted by Crippen LogP contribution is 2.46. The molecule has 1 N–H and O–H groups in total. The summed E-state index contributed by atoms with van der Waals surface area (Å²) in [5.41, 5.74) is 2.50. The predicted molar refractivity (Wildman–Crippen MR) is 155 cm³/mol. The van der Waals surface area contributed by atoms with E-state index < -0.39 is 34.5 Å². The van der Waals surface area contributed by atoms with Crippen LogP contribution >= 0.6 is 22.9 Å². The van der Waals surface area contributed by atoms with E-state index in [0.717, 1.165) is 30.8 Å². The van der Waals surface area contributed by atoms with Gasteiger partial charge in [0.05, 0.1) is 5.69 Å². The van der Waals surface area contributed by atoms with Crippen LogP contribution in [-0.2, 0) is 10.0 Å². The Hall–Kier alpha value is -3.59. The molecular formula is C28H23ClF3N7O2S2. The van der Waals surface area contributed by atoms with Gasteiger partial charge in [-0.25, -0.2) is 32.2 Å². The molecule has 9 nitrogen and oxygen atoms in total. The van der Waals surface area contributed by atoms with Gasteiger partial charge in [-0.15, -0.1) is 11.3 Å². The van der Waals surface area contributed by atoms with Gasteiger partial charge in [-0.1, -0.05) is 23.7 Å². The standard InChI is InChI=1S/C28H23ClF3N7O2S2/c29-19-12-16(30)6-7-18(19)25-24(21-8-10-39(36-21)28(31)32)22-13-17(14-38(22)26(35-25)27-33-9-11-42-27)37-43(40,41)23-3-1-2-20(34-23)15-4-5-15/h1-3,6-12,15,17,25,28,37H,4-5,13-14H2/t17-,25-/m0/s1. The first-order chi connectivity index (χ1) is 20.7. The van der Waals surface area contributed by atoms with Gasteiger partial charge in [-0.2, -0.15) is 13.9 Å². The number of halogens is 4. The van der Waals surface area contributed by atoms with Gasteiger partial charge in [0.15, 0.2) is 15.9 Å². The minimum absolute atomic E-state index is 0.0589. The molecule has 0 radical (unpaired) electrons. The number of aliphatic imine (C=N–C) groups is 1. The number of rotatable bonds is 8. The summed E-state index contributed by atoms with van der Waals surface area (Å²) in [7, 11) is -4.00. The molecule has 3 aliphatic rings. The van der Waals surface area contributed by atoms with Gasteiger partial charge >= 0.3 is 6.55 Å². The van der Waals surface area contributed by atoms with E-state index in [1.54, 1.807) is 17.6 Å². The van der Waals surface area contributed by atoms with Crippen LogP contribution in [-0.4, -0.2) is 51.5 Å². The lowest BCUT2D eigenvalue weighted by molar-refractivity contribution is 0.0564. The van der Waals surface area contributed by atoms with Gasteiger partial charge in [0, 0.05) is 70.2 Å². The Morgan fingerprint density at radius 2 is 1.98 bits per heavy atom. The maximum Gasteiger partial charge on any atom is 0.333 e. The third kappa shape index (κ3) is 5.37. The number of thiazole rings is 1. The summed E-state index contributed by atoms with van der Waals surface area (Å²) in [5.74, 6) is 0.202. The summed E-state index contributed by atoms with van der Waals surface area (Å²) in [4.78, 5) is 15.6. The van der Waals surface area contributed by atoms with Crippen LogP contribution in [0.25, 0.3) is 5.57 Å². The molecule has 1 saturated carbocycles. The Kier molecular flexibility index (Phi) is 7.11. The fourth-order valence-electron chi connectivity index (χ4n) is 5.50. The molecular weight excluding hydrogens is 623 g/mol. The van der Waals surface area contributed by atoms with Crippen molar-refractivity contribution in [2.45, 2.75) is 48.8 Å². The smallest absolute Gasteiger partial charge is 0.326 e. The van der Waals surface area contributed by atoms with Gasteiger partial charge in [0.25, 0.3) is 10.0 Å². The summed E-state index contributed by atoms with van der Waals surface area (Å²) in [6, 6.07) is 8.88. The number of nitrogens with zero attached hydrogens (tertiary/aromatic N) is 6. The molecule has 3 aromatic heterocycles. The molecule has 7 rings (SSSR count). The van der Waals surface area contributed by atoms with E-state index in [9.17, 15) is 21.6 Å². The molecule has 0 amide bonds. The van der Waals surface area contributed by atoms with Gasteiger partial charge in [-0.05, 0) is 43.2 Å². The zero-order valence-corrected chi connectivity index (χ0v) is 24.6. The number of hydrogen-bond acceptors (Lipinski definition) is 8. The molecule has 2 fully saturated rings. The van der Waals surface area contributed by atoms with Crippen molar-refractivity contribution in [1.82, 2.24) is 29.4 Å². The number of pyridine rings is 1. The third-order valence-electron chi connectivity index (χ3n) is 7.56. The Balaban J connectivity index is 1.33. The van der Waals surface area contributed by atoms with E-state index in [-0.39, 0.29) is 34.6 Å². The van der Waals surface area contributed by atoms with Crippen LogP contribution in [0, 0.1) is 5.82 Å². The third-order valence-corrected chi connectivity index (χ3v) is 10.1. The lowest BCUT2D eigenvalue weighted by atomic mass is 9.92. The Morgan fingerprint density at radius 1 is 1.14 bits per heavy atom. The van der Waals surface area contributed by atoms with E-state index in [4.69, 9.17) is 16.6 Å². The van der Waals surface area contributed by atoms with Crippen LogP contribution in [0.2, 0.25) is 5.02 Å². The molecule has 0 bridgehead atoms. The summed E-state index contributed by atoms with van der Waals surface area (Å²) in [6.45, 7) is -2.68. The number of aromatic nitrogens is 4. The average Bonchev–Trinajstić information content (AvgIpc) is 3.33. The molecule has 2 aliphatic heterocycles. The van der Waals surface area contributed by atoms with Crippen LogP contribution < -0.4 is 4.72 Å². The quantitative estimate of drug-likeness (QED) is 0.261. The molecule has 2 atom stereocenters. The summed E-state index contributed by atoms with van der Waals surface area (Å²) >= 11 is 7.85. The van der Waals surface area contributed by atoms with E-state index >= 15 is 0 Å². The molecule has 0 unspecified atom stereocenters. The molecule has 4 aromatic rings. The normalized spacial score (nSPS) is 20.6. The van der Waals surface area contributed by atoms with Gasteiger partial charge < -0.3 is 4.90 Å². The van der Waals surface area contributed by atoms with E-state index in [1.165, 1.54) is 35.6 Å². The second-order valence-electron chi connectivity index (χ2n) is 10.5. The minimum atomic E-state index is -4.00. The van der Waals surface area contributed by atoms with Gasteiger partial charge in [0.1, 0.15) is 11.9 Å². The van der Waals surface area contributed by atoms with Crippen LogP contribution in [0.3, 0.4) is 0 Å². The van der Waals surface area contributed by atoms with Gasteiger partial charge in [0.2, 0.25) is 0 Å². The lowest BCUT2D eigenvalue weighted by Crippen LogP contribution is -2.39. The predicted octanol–water partition coefficient (Wildman–Crippen LogP) is 5.77. The van der Waals surface area contributed by atoms with Crippen molar-refractivity contribution in [3.8, 4) is 0 Å². The number of hydrogen-bond donors (Lipinski definition) is 1. The second kappa shape index (κ2) is 10.8. The Bertz CT molecular complexity index is 1870. The number of benzene rings is 1. The molecule has 1 aliphatic carbocycles. The zero-order chi connectivity index (χ0) is 29.9. The van der Waals surface area contributed by atoms with Crippen molar-refractivity contribution >= 4 is 44.4 Å². The monoisotopic (exact) mass is 645 g/mol. The Morgan fingerprint density at radius 3 is 2.67 bits per heavy atom. The minimum Gasteiger partial charge on any atom is -0.326 e. The molecule has 1 aromatic carbocycles. The number of fused-ring (bicyclic) bond motifs is 1. The molecule has 222 valence electrons. The van der Waals surface area contributed by atoms with Crippen LogP contribution in [0.4, 0.5) is 13.2 Å². The van der Waals surface area contributed by atoms with Crippen molar-refractivity contribution in [3.05, 3.63) is 98.7 Å². The van der Waals surface area contributed by atoms with E-state index in [0.29, 0.717) is 32.4 Å². The first-order valence-corrected chi connectivity index (χ1v) is 16.2. The maximum absolute atomic E-state index is 14.0. The SMILES string of the molecule is O=S(=O)(N[C@H]1CC2=C(c3ccn(C(F)F)n3)[C@H](c3ccc(F)cc3Cl)N=C(c3nccs3)N2C1)c1cccc(C2CC2)n1. The van der Waals surface area contributed by atoms with Crippen molar-refractivity contribution in [2.24, 2.45) is 4.99 Å². The number of sulfonamides is 1. The van der Waals surface area contributed by atoms with Crippen molar-refractivity contribution < 1.29 is 21.6 Å². The largest absolute Gasteiger partial charge is 0.333 e. The highest BCUT2D eigenvalue weighted by atomic mass is 35.5. The second-order valence-corrected chi connectivity index (χ2v) is 13.4. The molecule has 0 spiro atoms. The van der Waals surface area contributed by atoms with E-state index in [1.807, 2.05) is 11.0 Å². The maximum atomic E-state index is 14.0. The lowest BCUT2D eigenvalue weighted by Gasteiger charge is -2.32. The molecule has 1 saturated heterocycles. The van der Waals surface area contributed by atoms with Crippen molar-refractivity contribution in [2.75, 3.05) is 6.54 Å². The van der Waals surface area contributed by atoms with Crippen LogP contribution in [0.1, 0.15) is 59.7 Å². The van der Waals surface area contributed by atoms with Crippen molar-refractivity contribution in [3.63, 3.8) is 0 Å². The highest BCUT2D eigenvalue weighted by Gasteiger charge is 2.42. The summed E-state index contributed by atoms with van der Waals surface area (Å²) in [5, 5.41) is 6.52. The number of alkyl halides is 2. The highest BCUT2D eigenvalue weighted by molar-refractivity contribution is 7.89. The Labute approximate surface area is 253 Å².